The summed E-state index contributed by atoms with van der Waals surface area (Å²) in [6.45, 7) is 0.926. The number of hydrogen-bond donors (Lipinski definition) is 1. The van der Waals surface area contributed by atoms with E-state index < -0.39 is 0 Å². The molecule has 1 aromatic carbocycles. The standard InChI is InChI=1S/C12H13BrClN3O2/c1-19-5-4-17-11(7-18)15-16-12(17)9-3-2-8(14)6-10(9)13/h2-3,6,18H,4-5,7H2,1H3. The molecule has 0 amide bonds. The van der Waals surface area contributed by atoms with Gasteiger partial charge in [0.15, 0.2) is 11.6 Å². The van der Waals surface area contributed by atoms with Gasteiger partial charge in [0.25, 0.3) is 0 Å². The van der Waals surface area contributed by atoms with E-state index in [0.29, 0.717) is 29.8 Å². The highest BCUT2D eigenvalue weighted by Crippen LogP contribution is 2.29. The van der Waals surface area contributed by atoms with E-state index in [-0.39, 0.29) is 6.61 Å². The molecule has 0 saturated carbocycles. The summed E-state index contributed by atoms with van der Waals surface area (Å²) in [5.74, 6) is 1.18. The minimum atomic E-state index is -0.165. The van der Waals surface area contributed by atoms with Crippen LogP contribution in [0.3, 0.4) is 0 Å². The second-order valence-corrected chi connectivity index (χ2v) is 5.16. The van der Waals surface area contributed by atoms with Gasteiger partial charge in [-0.1, -0.05) is 11.6 Å². The van der Waals surface area contributed by atoms with Gasteiger partial charge in [0.1, 0.15) is 6.61 Å². The van der Waals surface area contributed by atoms with Crippen LogP contribution in [0.5, 0.6) is 0 Å². The van der Waals surface area contributed by atoms with Crippen molar-refractivity contribution < 1.29 is 9.84 Å². The number of aliphatic hydroxyl groups excluding tert-OH is 1. The third kappa shape index (κ3) is 3.14. The summed E-state index contributed by atoms with van der Waals surface area (Å²) in [5, 5.41) is 18.0. The normalized spacial score (nSPS) is 10.9. The molecule has 1 N–H and O–H groups in total. The van der Waals surface area contributed by atoms with E-state index in [2.05, 4.69) is 26.1 Å². The maximum Gasteiger partial charge on any atom is 0.165 e. The zero-order valence-corrected chi connectivity index (χ0v) is 12.6. The molecule has 0 spiro atoms. The number of halogens is 2. The summed E-state index contributed by atoms with van der Waals surface area (Å²) < 4.78 is 7.72. The number of hydrogen-bond acceptors (Lipinski definition) is 4. The van der Waals surface area contributed by atoms with Crippen molar-refractivity contribution in [3.05, 3.63) is 33.5 Å². The molecule has 0 aliphatic carbocycles. The molecule has 19 heavy (non-hydrogen) atoms. The second-order valence-electron chi connectivity index (χ2n) is 3.87. The first kappa shape index (κ1) is 14.5. The van der Waals surface area contributed by atoms with E-state index in [1.165, 1.54) is 0 Å². The van der Waals surface area contributed by atoms with Gasteiger partial charge in [-0.2, -0.15) is 0 Å². The lowest BCUT2D eigenvalue weighted by Gasteiger charge is -2.10. The molecule has 0 radical (unpaired) electrons. The van der Waals surface area contributed by atoms with Crippen molar-refractivity contribution in [1.82, 2.24) is 14.8 Å². The van der Waals surface area contributed by atoms with Crippen LogP contribution in [0.1, 0.15) is 5.82 Å². The molecule has 0 aliphatic heterocycles. The number of aromatic nitrogens is 3. The van der Waals surface area contributed by atoms with Gasteiger partial charge in [0.2, 0.25) is 0 Å². The predicted molar refractivity (Wildman–Crippen MR) is 76.0 cm³/mol. The highest BCUT2D eigenvalue weighted by molar-refractivity contribution is 9.10. The number of ether oxygens (including phenoxy) is 1. The molecule has 102 valence electrons. The third-order valence-corrected chi connectivity index (χ3v) is 3.55. The van der Waals surface area contributed by atoms with Gasteiger partial charge in [-0.25, -0.2) is 0 Å². The van der Waals surface area contributed by atoms with Gasteiger partial charge in [0, 0.05) is 28.7 Å². The average Bonchev–Trinajstić information content (AvgIpc) is 2.79. The first-order valence-corrected chi connectivity index (χ1v) is 6.81. The van der Waals surface area contributed by atoms with Crippen LogP contribution in [0.2, 0.25) is 5.02 Å². The van der Waals surface area contributed by atoms with Gasteiger partial charge in [-0.15, -0.1) is 10.2 Å². The van der Waals surface area contributed by atoms with Crippen molar-refractivity contribution in [2.75, 3.05) is 13.7 Å². The summed E-state index contributed by atoms with van der Waals surface area (Å²) in [4.78, 5) is 0. The molecule has 1 aromatic heterocycles. The quantitative estimate of drug-likeness (QED) is 0.903. The average molecular weight is 347 g/mol. The van der Waals surface area contributed by atoms with E-state index in [1.54, 1.807) is 19.2 Å². The Bertz CT molecular complexity index is 574. The Morgan fingerprint density at radius 3 is 2.84 bits per heavy atom. The topological polar surface area (TPSA) is 60.2 Å². The molecule has 0 saturated heterocycles. The molecule has 0 bridgehead atoms. The second kappa shape index (κ2) is 6.47. The Morgan fingerprint density at radius 2 is 2.21 bits per heavy atom. The monoisotopic (exact) mass is 345 g/mol. The van der Waals surface area contributed by atoms with Crippen LogP contribution >= 0.6 is 27.5 Å². The van der Waals surface area contributed by atoms with Crippen molar-refractivity contribution in [2.45, 2.75) is 13.2 Å². The fraction of sp³-hybridized carbons (Fsp3) is 0.333. The molecule has 1 heterocycles. The summed E-state index contributed by atoms with van der Waals surface area (Å²) in [6, 6.07) is 5.45. The molecule has 0 fully saturated rings. The maximum atomic E-state index is 9.29. The van der Waals surface area contributed by atoms with Gasteiger partial charge >= 0.3 is 0 Å². The Balaban J connectivity index is 2.46. The van der Waals surface area contributed by atoms with Crippen LogP contribution in [0, 0.1) is 0 Å². The van der Waals surface area contributed by atoms with Crippen LogP contribution in [-0.2, 0) is 17.9 Å². The molecule has 0 atom stereocenters. The number of aliphatic hydroxyl groups is 1. The zero-order chi connectivity index (χ0) is 13.8. The number of nitrogens with zero attached hydrogens (tertiary/aromatic N) is 3. The van der Waals surface area contributed by atoms with Gasteiger partial charge in [0.05, 0.1) is 6.61 Å². The highest BCUT2D eigenvalue weighted by Gasteiger charge is 2.15. The van der Waals surface area contributed by atoms with E-state index in [0.717, 1.165) is 10.0 Å². The van der Waals surface area contributed by atoms with Crippen LogP contribution in [-0.4, -0.2) is 33.6 Å². The van der Waals surface area contributed by atoms with Crippen LogP contribution in [0.15, 0.2) is 22.7 Å². The van der Waals surface area contributed by atoms with E-state index in [9.17, 15) is 5.11 Å². The maximum absolute atomic E-state index is 9.29. The van der Waals surface area contributed by atoms with Crippen molar-refractivity contribution in [2.24, 2.45) is 0 Å². The fourth-order valence-corrected chi connectivity index (χ4v) is 2.60. The van der Waals surface area contributed by atoms with E-state index in [4.69, 9.17) is 16.3 Å². The lowest BCUT2D eigenvalue weighted by Crippen LogP contribution is -2.10. The predicted octanol–water partition coefficient (Wildman–Crippen LogP) is 2.50. The Kier molecular flexibility index (Phi) is 4.93. The zero-order valence-electron chi connectivity index (χ0n) is 10.3. The summed E-state index contributed by atoms with van der Waals surface area (Å²) >= 11 is 9.39. The van der Waals surface area contributed by atoms with Gasteiger partial charge in [-0.05, 0) is 34.1 Å². The van der Waals surface area contributed by atoms with Crippen molar-refractivity contribution in [1.29, 1.82) is 0 Å². The summed E-state index contributed by atoms with van der Waals surface area (Å²) in [7, 11) is 1.63. The molecular formula is C12H13BrClN3O2. The Hall–Kier alpha value is -0.950. The van der Waals surface area contributed by atoms with E-state index >= 15 is 0 Å². The molecular weight excluding hydrogens is 334 g/mol. The van der Waals surface area contributed by atoms with Crippen molar-refractivity contribution in [3.63, 3.8) is 0 Å². The Labute approximate surface area is 124 Å². The van der Waals surface area contributed by atoms with Crippen LogP contribution in [0.25, 0.3) is 11.4 Å². The van der Waals surface area contributed by atoms with Crippen molar-refractivity contribution in [3.8, 4) is 11.4 Å². The molecule has 7 heteroatoms. The van der Waals surface area contributed by atoms with Gasteiger partial charge in [-0.3, -0.25) is 0 Å². The van der Waals surface area contributed by atoms with Gasteiger partial charge < -0.3 is 14.4 Å². The molecule has 2 aromatic rings. The minimum absolute atomic E-state index is 0.165. The molecule has 0 aliphatic rings. The molecule has 0 unspecified atom stereocenters. The van der Waals surface area contributed by atoms with Crippen LogP contribution < -0.4 is 0 Å². The van der Waals surface area contributed by atoms with Crippen molar-refractivity contribution >= 4 is 27.5 Å². The smallest absolute Gasteiger partial charge is 0.165 e. The molecule has 2 rings (SSSR count). The number of methoxy groups -OCH3 is 1. The summed E-state index contributed by atoms with van der Waals surface area (Å²) in [5.41, 5.74) is 0.868. The highest BCUT2D eigenvalue weighted by atomic mass is 79.9. The largest absolute Gasteiger partial charge is 0.388 e. The minimum Gasteiger partial charge on any atom is -0.388 e. The first-order valence-electron chi connectivity index (χ1n) is 5.64. The fourth-order valence-electron chi connectivity index (χ4n) is 1.74. The third-order valence-electron chi connectivity index (χ3n) is 2.66. The lowest BCUT2D eigenvalue weighted by molar-refractivity contribution is 0.183. The Morgan fingerprint density at radius 1 is 1.42 bits per heavy atom. The summed E-state index contributed by atoms with van der Waals surface area (Å²) in [6.07, 6.45) is 0. The SMILES string of the molecule is COCCn1c(CO)nnc1-c1ccc(Cl)cc1Br. The lowest BCUT2D eigenvalue weighted by atomic mass is 10.2. The number of rotatable bonds is 5. The van der Waals surface area contributed by atoms with Crippen LogP contribution in [0.4, 0.5) is 0 Å². The van der Waals surface area contributed by atoms with E-state index in [1.807, 2.05) is 10.6 Å². The molecule has 5 nitrogen and oxygen atoms in total. The number of benzene rings is 1. The first-order chi connectivity index (χ1) is 9.17.